The van der Waals surface area contributed by atoms with E-state index in [0.29, 0.717) is 11.9 Å². The Morgan fingerprint density at radius 3 is 2.56 bits per heavy atom. The van der Waals surface area contributed by atoms with Gasteiger partial charge >= 0.3 is 0 Å². The molecule has 2 rings (SSSR count). The number of nitrogens with one attached hydrogen (secondary N) is 1. The number of nitrogens with zero attached hydrogens (tertiary/aromatic N) is 2. The van der Waals surface area contributed by atoms with Gasteiger partial charge in [0.15, 0.2) is 0 Å². The molecule has 2 saturated heterocycles. The monoisotopic (exact) mass is 225 g/mol. The largest absolute Gasteiger partial charge is 0.341 e. The first-order chi connectivity index (χ1) is 7.68. The van der Waals surface area contributed by atoms with Crippen LogP contribution in [0.2, 0.25) is 0 Å². The molecule has 16 heavy (non-hydrogen) atoms. The predicted octanol–water partition coefficient (Wildman–Crippen LogP) is 0.291. The second-order valence-electron chi connectivity index (χ2n) is 5.13. The van der Waals surface area contributed by atoms with Gasteiger partial charge in [-0.3, -0.25) is 4.79 Å². The summed E-state index contributed by atoms with van der Waals surface area (Å²) in [6.07, 6.45) is 4.38. The summed E-state index contributed by atoms with van der Waals surface area (Å²) in [6, 6.07) is 0.538. The highest BCUT2D eigenvalue weighted by molar-refractivity contribution is 5.82. The zero-order valence-electron chi connectivity index (χ0n) is 10.4. The quantitative estimate of drug-likeness (QED) is 0.734. The van der Waals surface area contributed by atoms with E-state index < -0.39 is 0 Å². The van der Waals surface area contributed by atoms with Gasteiger partial charge in [0, 0.05) is 13.1 Å². The van der Waals surface area contributed by atoms with Gasteiger partial charge in [0.25, 0.3) is 0 Å². The van der Waals surface area contributed by atoms with E-state index in [1.807, 2.05) is 11.9 Å². The molecule has 2 fully saturated rings. The van der Waals surface area contributed by atoms with Crippen molar-refractivity contribution >= 4 is 5.91 Å². The summed E-state index contributed by atoms with van der Waals surface area (Å²) in [6.45, 7) is 3.22. The molecule has 4 heteroatoms. The van der Waals surface area contributed by atoms with Crippen LogP contribution in [0.1, 0.15) is 25.7 Å². The maximum absolute atomic E-state index is 12.2. The number of carbonyl (C=O) groups excluding carboxylic acids is 1. The highest BCUT2D eigenvalue weighted by Gasteiger charge is 2.30. The second-order valence-corrected chi connectivity index (χ2v) is 5.13. The molecule has 4 nitrogen and oxygen atoms in total. The first kappa shape index (κ1) is 11.9. The molecule has 0 saturated carbocycles. The molecule has 1 N–H and O–H groups in total. The van der Waals surface area contributed by atoms with Crippen LogP contribution < -0.4 is 5.32 Å². The third-order valence-corrected chi connectivity index (χ3v) is 3.94. The Labute approximate surface area is 98.0 Å². The van der Waals surface area contributed by atoms with Gasteiger partial charge in [-0.05, 0) is 52.4 Å². The van der Waals surface area contributed by atoms with Gasteiger partial charge in [-0.1, -0.05) is 0 Å². The van der Waals surface area contributed by atoms with E-state index in [4.69, 9.17) is 0 Å². The molecule has 1 unspecified atom stereocenters. The van der Waals surface area contributed by atoms with Gasteiger partial charge < -0.3 is 15.1 Å². The van der Waals surface area contributed by atoms with E-state index in [1.165, 1.54) is 0 Å². The number of rotatable bonds is 2. The second kappa shape index (κ2) is 5.15. The van der Waals surface area contributed by atoms with E-state index in [-0.39, 0.29) is 6.04 Å². The standard InChI is InChI=1S/C12H23N3O/c1-14-8-5-10(6-9-14)15(2)12(16)11-4-3-7-13-11/h10-11,13H,3-9H2,1-2H3. The van der Waals surface area contributed by atoms with Gasteiger partial charge in [-0.2, -0.15) is 0 Å². The molecule has 1 atom stereocenters. The van der Waals surface area contributed by atoms with Gasteiger partial charge in [-0.25, -0.2) is 0 Å². The first-order valence-corrected chi connectivity index (χ1v) is 6.37. The minimum Gasteiger partial charge on any atom is -0.341 e. The third-order valence-electron chi connectivity index (χ3n) is 3.94. The summed E-state index contributed by atoms with van der Waals surface area (Å²) in [5.41, 5.74) is 0. The van der Waals surface area contributed by atoms with E-state index in [9.17, 15) is 4.79 Å². The van der Waals surface area contributed by atoms with Crippen LogP contribution in [-0.4, -0.2) is 61.5 Å². The van der Waals surface area contributed by atoms with Crippen LogP contribution in [0.3, 0.4) is 0 Å². The minimum absolute atomic E-state index is 0.0876. The third kappa shape index (κ3) is 2.55. The Morgan fingerprint density at radius 1 is 1.31 bits per heavy atom. The summed E-state index contributed by atoms with van der Waals surface area (Å²) in [5.74, 6) is 0.298. The van der Waals surface area contributed by atoms with Crippen LogP contribution >= 0.6 is 0 Å². The average molecular weight is 225 g/mol. The van der Waals surface area contributed by atoms with Gasteiger partial charge in [0.05, 0.1) is 6.04 Å². The highest BCUT2D eigenvalue weighted by Crippen LogP contribution is 2.17. The fourth-order valence-electron chi connectivity index (χ4n) is 2.70. The van der Waals surface area contributed by atoms with Crippen molar-refractivity contribution < 1.29 is 4.79 Å². The Morgan fingerprint density at radius 2 is 2.00 bits per heavy atom. The number of likely N-dealkylation sites (tertiary alicyclic amines) is 1. The van der Waals surface area contributed by atoms with E-state index in [0.717, 1.165) is 45.3 Å². The van der Waals surface area contributed by atoms with Crippen molar-refractivity contribution in [2.75, 3.05) is 33.7 Å². The topological polar surface area (TPSA) is 35.6 Å². The number of likely N-dealkylation sites (N-methyl/N-ethyl adjacent to an activating group) is 1. The summed E-state index contributed by atoms with van der Waals surface area (Å²) in [5, 5.41) is 3.28. The fourth-order valence-corrected chi connectivity index (χ4v) is 2.70. The first-order valence-electron chi connectivity index (χ1n) is 6.37. The van der Waals surface area contributed by atoms with Crippen molar-refractivity contribution in [3.05, 3.63) is 0 Å². The van der Waals surface area contributed by atoms with E-state index in [2.05, 4.69) is 17.3 Å². The summed E-state index contributed by atoms with van der Waals surface area (Å²) in [7, 11) is 4.12. The lowest BCUT2D eigenvalue weighted by atomic mass is 10.0. The van der Waals surface area contributed by atoms with Gasteiger partial charge in [0.2, 0.25) is 5.91 Å². The molecule has 2 aliphatic rings. The molecule has 0 aliphatic carbocycles. The maximum atomic E-state index is 12.2. The molecule has 0 bridgehead atoms. The predicted molar refractivity (Wildman–Crippen MR) is 64.3 cm³/mol. The van der Waals surface area contributed by atoms with Crippen molar-refractivity contribution in [2.45, 2.75) is 37.8 Å². The van der Waals surface area contributed by atoms with Crippen molar-refractivity contribution in [3.8, 4) is 0 Å². The molecular formula is C12H23N3O. The van der Waals surface area contributed by atoms with Crippen molar-refractivity contribution in [1.29, 1.82) is 0 Å². The SMILES string of the molecule is CN1CCC(N(C)C(=O)C2CCCN2)CC1. The zero-order valence-corrected chi connectivity index (χ0v) is 10.4. The molecule has 0 radical (unpaired) electrons. The molecule has 92 valence electrons. The molecule has 2 heterocycles. The Bertz CT molecular complexity index is 243. The minimum atomic E-state index is 0.0876. The summed E-state index contributed by atoms with van der Waals surface area (Å²) < 4.78 is 0. The van der Waals surface area contributed by atoms with Gasteiger partial charge in [-0.15, -0.1) is 0 Å². The molecule has 2 aliphatic heterocycles. The highest BCUT2D eigenvalue weighted by atomic mass is 16.2. The molecule has 0 aromatic carbocycles. The normalized spacial score (nSPS) is 28.2. The maximum Gasteiger partial charge on any atom is 0.239 e. The summed E-state index contributed by atoms with van der Waals surface area (Å²) in [4.78, 5) is 16.5. The smallest absolute Gasteiger partial charge is 0.239 e. The molecule has 0 aromatic heterocycles. The van der Waals surface area contributed by atoms with Gasteiger partial charge in [0.1, 0.15) is 0 Å². The number of hydrogen-bond donors (Lipinski definition) is 1. The Hall–Kier alpha value is -0.610. The Kier molecular flexibility index (Phi) is 3.82. The number of piperidine rings is 1. The van der Waals surface area contributed by atoms with Crippen LogP contribution in [0.4, 0.5) is 0 Å². The summed E-state index contributed by atoms with van der Waals surface area (Å²) >= 11 is 0. The molecule has 1 amide bonds. The lowest BCUT2D eigenvalue weighted by Gasteiger charge is -2.36. The van der Waals surface area contributed by atoms with E-state index in [1.54, 1.807) is 0 Å². The number of carbonyl (C=O) groups is 1. The molecule has 0 aromatic rings. The van der Waals surface area contributed by atoms with Crippen LogP contribution in [-0.2, 0) is 4.79 Å². The zero-order chi connectivity index (χ0) is 11.5. The van der Waals surface area contributed by atoms with Crippen LogP contribution in [0.15, 0.2) is 0 Å². The van der Waals surface area contributed by atoms with Crippen molar-refractivity contribution in [3.63, 3.8) is 0 Å². The van der Waals surface area contributed by atoms with Crippen LogP contribution in [0.25, 0.3) is 0 Å². The molecule has 0 spiro atoms. The van der Waals surface area contributed by atoms with Crippen molar-refractivity contribution in [1.82, 2.24) is 15.1 Å². The van der Waals surface area contributed by atoms with Crippen LogP contribution in [0, 0.1) is 0 Å². The average Bonchev–Trinajstić information content (AvgIpc) is 2.81. The lowest BCUT2D eigenvalue weighted by molar-refractivity contribution is -0.134. The lowest BCUT2D eigenvalue weighted by Crippen LogP contribution is -2.49. The number of hydrogen-bond acceptors (Lipinski definition) is 3. The molecular weight excluding hydrogens is 202 g/mol. The van der Waals surface area contributed by atoms with Crippen LogP contribution in [0.5, 0.6) is 0 Å². The fraction of sp³-hybridized carbons (Fsp3) is 0.917. The Balaban J connectivity index is 1.86. The van der Waals surface area contributed by atoms with E-state index >= 15 is 0 Å². The number of amides is 1. The van der Waals surface area contributed by atoms with Crippen molar-refractivity contribution in [2.24, 2.45) is 0 Å².